The molecule has 7 rings (SSSR count). The van der Waals surface area contributed by atoms with Crippen molar-refractivity contribution in [2.45, 2.75) is 31.1 Å². The van der Waals surface area contributed by atoms with Gasteiger partial charge in [0, 0.05) is 79.6 Å². The Morgan fingerprint density at radius 1 is 0.881 bits per heavy atom. The quantitative estimate of drug-likeness (QED) is 0.353. The van der Waals surface area contributed by atoms with Crippen LogP contribution in [0, 0.1) is 0 Å². The van der Waals surface area contributed by atoms with Crippen LogP contribution < -0.4 is 5.73 Å². The van der Waals surface area contributed by atoms with Gasteiger partial charge >= 0.3 is 6.03 Å². The Hall–Kier alpha value is -4.66. The number of hydrogen-bond donors (Lipinski definition) is 1. The number of carbonyl (C=O) groups is 2. The lowest BCUT2D eigenvalue weighted by atomic mass is 9.98. The molecule has 1 saturated carbocycles. The molecule has 0 spiro atoms. The molecule has 4 aromatic rings. The first-order valence-electron chi connectivity index (χ1n) is 14.8. The normalized spacial score (nSPS) is 19.0. The first-order chi connectivity index (χ1) is 20.5. The Balaban J connectivity index is 1.12. The van der Waals surface area contributed by atoms with Gasteiger partial charge in [-0.2, -0.15) is 0 Å². The van der Waals surface area contributed by atoms with Crippen molar-refractivity contribution >= 4 is 28.8 Å². The van der Waals surface area contributed by atoms with Crippen molar-refractivity contribution in [3.63, 3.8) is 0 Å². The summed E-state index contributed by atoms with van der Waals surface area (Å²) < 4.78 is 2.19. The van der Waals surface area contributed by atoms with Gasteiger partial charge in [-0.3, -0.25) is 9.36 Å². The van der Waals surface area contributed by atoms with E-state index in [4.69, 9.17) is 10.7 Å². The number of likely N-dealkylation sites (tertiary alicyclic amines) is 1. The standard InChI is InChI=1S/C33H35N7O2/c1-2-30(41)37-16-18-38(19-17-37)33(42)39-15-13-25(21-39)22-7-10-26(11-8-22)40-29(27-4-3-14-35-31(27)34)20-24-9-12-28(23-5-6-23)36-32(24)40/h2-4,7-12,14,20,23,25H,1,5-6,13,15-19,21H2,(H2,34,35). The van der Waals surface area contributed by atoms with Crippen molar-refractivity contribution in [3.8, 4) is 16.9 Å². The molecule has 3 aromatic heterocycles. The fourth-order valence-corrected chi connectivity index (χ4v) is 6.34. The highest BCUT2D eigenvalue weighted by Crippen LogP contribution is 2.41. The second-order valence-electron chi connectivity index (χ2n) is 11.5. The summed E-state index contributed by atoms with van der Waals surface area (Å²) in [5.74, 6) is 1.25. The summed E-state index contributed by atoms with van der Waals surface area (Å²) in [6, 6.07) is 19.1. The van der Waals surface area contributed by atoms with Crippen molar-refractivity contribution in [1.82, 2.24) is 29.2 Å². The van der Waals surface area contributed by atoms with Gasteiger partial charge in [-0.05, 0) is 73.4 Å². The zero-order valence-corrected chi connectivity index (χ0v) is 23.7. The Labute approximate surface area is 245 Å². The van der Waals surface area contributed by atoms with Gasteiger partial charge in [-0.25, -0.2) is 14.8 Å². The molecule has 1 unspecified atom stereocenters. The number of nitrogens with zero attached hydrogens (tertiary/aromatic N) is 6. The Kier molecular flexibility index (Phi) is 6.64. The van der Waals surface area contributed by atoms with E-state index in [2.05, 4.69) is 58.6 Å². The van der Waals surface area contributed by atoms with Gasteiger partial charge in [0.05, 0.1) is 5.69 Å². The van der Waals surface area contributed by atoms with E-state index in [1.165, 1.54) is 24.5 Å². The number of anilines is 1. The molecular weight excluding hydrogens is 526 g/mol. The molecule has 3 aliphatic rings. The highest BCUT2D eigenvalue weighted by Gasteiger charge is 2.32. The maximum absolute atomic E-state index is 13.2. The molecule has 214 valence electrons. The zero-order chi connectivity index (χ0) is 28.8. The summed E-state index contributed by atoms with van der Waals surface area (Å²) in [6.45, 7) is 7.20. The maximum Gasteiger partial charge on any atom is 0.320 e. The van der Waals surface area contributed by atoms with Crippen LogP contribution in [0.25, 0.3) is 28.0 Å². The fraction of sp³-hybridized carbons (Fsp3) is 0.333. The van der Waals surface area contributed by atoms with E-state index in [0.29, 0.717) is 44.5 Å². The van der Waals surface area contributed by atoms with E-state index in [1.807, 2.05) is 21.9 Å². The van der Waals surface area contributed by atoms with Crippen LogP contribution in [0.1, 0.15) is 42.4 Å². The molecule has 1 aliphatic carbocycles. The highest BCUT2D eigenvalue weighted by atomic mass is 16.2. The molecule has 2 aliphatic heterocycles. The van der Waals surface area contributed by atoms with Gasteiger partial charge in [0.2, 0.25) is 5.91 Å². The molecule has 9 heteroatoms. The third kappa shape index (κ3) is 4.78. The molecule has 1 atom stereocenters. The van der Waals surface area contributed by atoms with Crippen molar-refractivity contribution in [2.24, 2.45) is 0 Å². The molecule has 0 bridgehead atoms. The number of urea groups is 1. The number of piperazine rings is 1. The number of fused-ring (bicyclic) bond motifs is 1. The van der Waals surface area contributed by atoms with Crippen LogP contribution in [-0.4, -0.2) is 80.4 Å². The second-order valence-corrected chi connectivity index (χ2v) is 11.5. The molecule has 3 fully saturated rings. The second kappa shape index (κ2) is 10.6. The maximum atomic E-state index is 13.2. The molecule has 5 heterocycles. The number of nitrogen functional groups attached to an aromatic ring is 1. The van der Waals surface area contributed by atoms with Crippen LogP contribution in [0.3, 0.4) is 0 Å². The molecule has 42 heavy (non-hydrogen) atoms. The van der Waals surface area contributed by atoms with Crippen LogP contribution in [0.2, 0.25) is 0 Å². The fourth-order valence-electron chi connectivity index (χ4n) is 6.34. The van der Waals surface area contributed by atoms with Crippen LogP contribution in [0.15, 0.2) is 73.4 Å². The average Bonchev–Trinajstić information content (AvgIpc) is 3.64. The minimum absolute atomic E-state index is 0.0647. The summed E-state index contributed by atoms with van der Waals surface area (Å²) in [6.07, 6.45) is 6.37. The number of carbonyl (C=O) groups excluding carboxylic acids is 2. The van der Waals surface area contributed by atoms with Gasteiger partial charge in [0.1, 0.15) is 11.5 Å². The van der Waals surface area contributed by atoms with Crippen molar-refractivity contribution in [2.75, 3.05) is 45.0 Å². The molecular formula is C33H35N7O2. The molecule has 1 aromatic carbocycles. The van der Waals surface area contributed by atoms with E-state index in [-0.39, 0.29) is 17.9 Å². The van der Waals surface area contributed by atoms with E-state index >= 15 is 0 Å². The predicted molar refractivity (Wildman–Crippen MR) is 163 cm³/mol. The number of rotatable bonds is 5. The average molecular weight is 562 g/mol. The van der Waals surface area contributed by atoms with Gasteiger partial charge in [0.15, 0.2) is 0 Å². The summed E-state index contributed by atoms with van der Waals surface area (Å²) in [5.41, 5.74) is 12.5. The lowest BCUT2D eigenvalue weighted by Gasteiger charge is -2.36. The van der Waals surface area contributed by atoms with E-state index < -0.39 is 0 Å². The minimum Gasteiger partial charge on any atom is -0.383 e. The Morgan fingerprint density at radius 3 is 2.36 bits per heavy atom. The molecule has 2 saturated heterocycles. The monoisotopic (exact) mass is 561 g/mol. The van der Waals surface area contributed by atoms with Crippen LogP contribution in [0.4, 0.5) is 10.6 Å². The van der Waals surface area contributed by atoms with Crippen LogP contribution >= 0.6 is 0 Å². The van der Waals surface area contributed by atoms with Crippen molar-refractivity contribution in [3.05, 3.63) is 84.7 Å². The van der Waals surface area contributed by atoms with Gasteiger partial charge in [-0.1, -0.05) is 18.7 Å². The van der Waals surface area contributed by atoms with Crippen molar-refractivity contribution in [1.29, 1.82) is 0 Å². The van der Waals surface area contributed by atoms with Crippen LogP contribution in [0.5, 0.6) is 0 Å². The minimum atomic E-state index is -0.0742. The van der Waals surface area contributed by atoms with Crippen LogP contribution in [-0.2, 0) is 4.79 Å². The third-order valence-electron chi connectivity index (χ3n) is 8.90. The third-order valence-corrected chi connectivity index (χ3v) is 8.90. The van der Waals surface area contributed by atoms with Crippen molar-refractivity contribution < 1.29 is 9.59 Å². The number of amides is 3. The first-order valence-corrected chi connectivity index (χ1v) is 14.8. The summed E-state index contributed by atoms with van der Waals surface area (Å²) in [7, 11) is 0. The highest BCUT2D eigenvalue weighted by molar-refractivity contribution is 5.89. The lowest BCUT2D eigenvalue weighted by molar-refractivity contribution is -0.127. The SMILES string of the molecule is C=CC(=O)N1CCN(C(=O)N2CCC(c3ccc(-n4c(-c5cccnc5N)cc5ccc(C6CC6)nc54)cc3)C2)CC1. The van der Waals surface area contributed by atoms with E-state index in [0.717, 1.165) is 46.6 Å². The number of pyridine rings is 2. The lowest BCUT2D eigenvalue weighted by Crippen LogP contribution is -2.53. The number of hydrogen-bond acceptors (Lipinski definition) is 5. The Morgan fingerprint density at radius 2 is 1.64 bits per heavy atom. The number of benzene rings is 1. The topological polar surface area (TPSA) is 101 Å². The largest absolute Gasteiger partial charge is 0.383 e. The van der Waals surface area contributed by atoms with Gasteiger partial charge < -0.3 is 20.4 Å². The Bertz CT molecular complexity index is 1670. The molecule has 2 N–H and O–H groups in total. The number of nitrogens with two attached hydrogens (primary N) is 1. The summed E-state index contributed by atoms with van der Waals surface area (Å²) >= 11 is 0. The molecule has 0 radical (unpaired) electrons. The molecule has 9 nitrogen and oxygen atoms in total. The smallest absolute Gasteiger partial charge is 0.320 e. The summed E-state index contributed by atoms with van der Waals surface area (Å²) in [4.78, 5) is 40.1. The predicted octanol–water partition coefficient (Wildman–Crippen LogP) is 4.79. The number of aromatic nitrogens is 3. The van der Waals surface area contributed by atoms with E-state index in [9.17, 15) is 9.59 Å². The van der Waals surface area contributed by atoms with Gasteiger partial charge in [0.25, 0.3) is 0 Å². The van der Waals surface area contributed by atoms with Gasteiger partial charge in [-0.15, -0.1) is 0 Å². The first kappa shape index (κ1) is 26.3. The van der Waals surface area contributed by atoms with E-state index in [1.54, 1.807) is 11.1 Å². The molecule has 3 amide bonds. The zero-order valence-electron chi connectivity index (χ0n) is 23.7. The summed E-state index contributed by atoms with van der Waals surface area (Å²) in [5, 5.41) is 1.07.